The van der Waals surface area contributed by atoms with Gasteiger partial charge >= 0.3 is 0 Å². The lowest BCUT2D eigenvalue weighted by Gasteiger charge is -2.15. The quantitative estimate of drug-likeness (QED) is 0.693. The smallest absolute Gasteiger partial charge is 0.170 e. The highest BCUT2D eigenvalue weighted by Crippen LogP contribution is 2.17. The summed E-state index contributed by atoms with van der Waals surface area (Å²) in [5.74, 6) is 0. The van der Waals surface area contributed by atoms with E-state index in [4.69, 9.17) is 0 Å². The summed E-state index contributed by atoms with van der Waals surface area (Å²) in [5.41, 5.74) is 2.62. The predicted octanol–water partition coefficient (Wildman–Crippen LogP) is 2.30. The van der Waals surface area contributed by atoms with Gasteiger partial charge in [-0.05, 0) is 24.5 Å². The van der Waals surface area contributed by atoms with E-state index in [0.29, 0.717) is 5.69 Å². The first-order valence-corrected chi connectivity index (χ1v) is 5.30. The summed E-state index contributed by atoms with van der Waals surface area (Å²) in [6, 6.07) is 2.05. The average Bonchev–Trinajstić information content (AvgIpc) is 2.25. The molecule has 1 aromatic heterocycles. The lowest BCUT2D eigenvalue weighted by atomic mass is 10.1. The van der Waals surface area contributed by atoms with Gasteiger partial charge in [0.15, 0.2) is 6.29 Å². The van der Waals surface area contributed by atoms with Crippen LogP contribution in [0.25, 0.3) is 0 Å². The highest BCUT2D eigenvalue weighted by atomic mass is 16.1. The first-order valence-electron chi connectivity index (χ1n) is 5.30. The van der Waals surface area contributed by atoms with Gasteiger partial charge in [-0.2, -0.15) is 0 Å². The zero-order valence-electron chi connectivity index (χ0n) is 9.66. The fourth-order valence-electron chi connectivity index (χ4n) is 1.47. The minimum atomic E-state index is 0.514. The molecule has 0 atom stereocenters. The van der Waals surface area contributed by atoms with Gasteiger partial charge in [-0.15, -0.1) is 0 Å². The number of unbranched alkanes of at least 4 members (excludes halogenated alkanes) is 1. The molecule has 1 heterocycles. The lowest BCUT2D eigenvalue weighted by Crippen LogP contribution is -2.12. The zero-order chi connectivity index (χ0) is 11.3. The molecule has 15 heavy (non-hydrogen) atoms. The molecule has 0 spiro atoms. The molecule has 3 nitrogen and oxygen atoms in total. The van der Waals surface area contributed by atoms with Crippen LogP contribution in [0, 0.1) is 0 Å². The molecule has 82 valence electrons. The summed E-state index contributed by atoms with van der Waals surface area (Å²) in [6.07, 6.45) is 5.97. The zero-order valence-corrected chi connectivity index (χ0v) is 9.66. The maximum Gasteiger partial charge on any atom is 0.170 e. The van der Waals surface area contributed by atoms with E-state index in [9.17, 15) is 4.79 Å². The Labute approximate surface area is 91.1 Å². The average molecular weight is 206 g/mol. The molecule has 0 radical (unpaired) electrons. The summed E-state index contributed by atoms with van der Waals surface area (Å²) in [5, 5.41) is 0. The SMILES string of the molecule is CCCCc1cnc(C=O)c(N(C)C)c1. The molecule has 0 saturated carbocycles. The molecular weight excluding hydrogens is 188 g/mol. The van der Waals surface area contributed by atoms with Gasteiger partial charge in [0.25, 0.3) is 0 Å². The number of hydrogen-bond acceptors (Lipinski definition) is 3. The van der Waals surface area contributed by atoms with E-state index in [1.807, 2.05) is 25.1 Å². The van der Waals surface area contributed by atoms with Crippen molar-refractivity contribution in [1.29, 1.82) is 0 Å². The van der Waals surface area contributed by atoms with Crippen molar-refractivity contribution < 1.29 is 4.79 Å². The minimum absolute atomic E-state index is 0.514. The second-order valence-corrected chi connectivity index (χ2v) is 3.86. The van der Waals surface area contributed by atoms with Crippen molar-refractivity contribution in [3.05, 3.63) is 23.5 Å². The van der Waals surface area contributed by atoms with E-state index in [-0.39, 0.29) is 0 Å². The summed E-state index contributed by atoms with van der Waals surface area (Å²) >= 11 is 0. The van der Waals surface area contributed by atoms with Crippen molar-refractivity contribution in [2.45, 2.75) is 26.2 Å². The number of hydrogen-bond donors (Lipinski definition) is 0. The van der Waals surface area contributed by atoms with E-state index in [1.54, 1.807) is 6.20 Å². The highest BCUT2D eigenvalue weighted by molar-refractivity contribution is 5.81. The van der Waals surface area contributed by atoms with Crippen LogP contribution < -0.4 is 4.90 Å². The first kappa shape index (κ1) is 11.7. The second-order valence-electron chi connectivity index (χ2n) is 3.86. The molecule has 0 bridgehead atoms. The Kier molecular flexibility index (Phi) is 4.28. The largest absolute Gasteiger partial charge is 0.376 e. The van der Waals surface area contributed by atoms with Crippen molar-refractivity contribution in [2.24, 2.45) is 0 Å². The third-order valence-electron chi connectivity index (χ3n) is 2.37. The van der Waals surface area contributed by atoms with Gasteiger partial charge in [-0.1, -0.05) is 13.3 Å². The maximum atomic E-state index is 10.8. The monoisotopic (exact) mass is 206 g/mol. The molecule has 0 fully saturated rings. The topological polar surface area (TPSA) is 33.2 Å². The third kappa shape index (κ3) is 3.05. The summed E-state index contributed by atoms with van der Waals surface area (Å²) in [4.78, 5) is 16.9. The van der Waals surface area contributed by atoms with Gasteiger partial charge in [-0.3, -0.25) is 9.78 Å². The Bertz CT molecular complexity index is 334. The molecule has 0 aliphatic rings. The number of nitrogens with zero attached hydrogens (tertiary/aromatic N) is 2. The number of pyridine rings is 1. The number of carbonyl (C=O) groups excluding carboxylic acids is 1. The summed E-state index contributed by atoms with van der Waals surface area (Å²) in [6.45, 7) is 2.17. The van der Waals surface area contributed by atoms with Crippen LogP contribution in [-0.2, 0) is 6.42 Å². The van der Waals surface area contributed by atoms with Gasteiger partial charge < -0.3 is 4.90 Å². The molecule has 3 heteroatoms. The van der Waals surface area contributed by atoms with Crippen molar-refractivity contribution in [2.75, 3.05) is 19.0 Å². The Hall–Kier alpha value is -1.38. The molecule has 0 saturated heterocycles. The van der Waals surface area contributed by atoms with Crippen LogP contribution in [0.1, 0.15) is 35.8 Å². The standard InChI is InChI=1S/C12H18N2O/c1-4-5-6-10-7-12(14(2)3)11(9-15)13-8-10/h7-9H,4-6H2,1-3H3. The van der Waals surface area contributed by atoms with Crippen LogP contribution >= 0.6 is 0 Å². The van der Waals surface area contributed by atoms with Crippen LogP contribution in [0.4, 0.5) is 5.69 Å². The van der Waals surface area contributed by atoms with E-state index >= 15 is 0 Å². The first-order chi connectivity index (χ1) is 7.19. The number of carbonyl (C=O) groups is 1. The Morgan fingerprint density at radius 1 is 1.47 bits per heavy atom. The normalized spacial score (nSPS) is 10.1. The Morgan fingerprint density at radius 2 is 2.20 bits per heavy atom. The van der Waals surface area contributed by atoms with Crippen molar-refractivity contribution in [1.82, 2.24) is 4.98 Å². The van der Waals surface area contributed by atoms with Crippen LogP contribution in [0.2, 0.25) is 0 Å². The number of aromatic nitrogens is 1. The minimum Gasteiger partial charge on any atom is -0.376 e. The molecule has 0 aromatic carbocycles. The molecule has 1 rings (SSSR count). The Balaban J connectivity index is 2.94. The van der Waals surface area contributed by atoms with Crippen molar-refractivity contribution in [3.8, 4) is 0 Å². The Morgan fingerprint density at radius 3 is 2.73 bits per heavy atom. The number of anilines is 1. The van der Waals surface area contributed by atoms with Crippen molar-refractivity contribution >= 4 is 12.0 Å². The maximum absolute atomic E-state index is 10.8. The number of aryl methyl sites for hydroxylation is 1. The third-order valence-corrected chi connectivity index (χ3v) is 2.37. The van der Waals surface area contributed by atoms with Gasteiger partial charge in [0, 0.05) is 20.3 Å². The predicted molar refractivity (Wildman–Crippen MR) is 62.6 cm³/mol. The van der Waals surface area contributed by atoms with Gasteiger partial charge in [-0.25, -0.2) is 0 Å². The molecular formula is C12H18N2O. The molecule has 0 amide bonds. The van der Waals surface area contributed by atoms with E-state index < -0.39 is 0 Å². The summed E-state index contributed by atoms with van der Waals surface area (Å²) < 4.78 is 0. The number of aldehydes is 1. The van der Waals surface area contributed by atoms with Gasteiger partial charge in [0.2, 0.25) is 0 Å². The number of rotatable bonds is 5. The fraction of sp³-hybridized carbons (Fsp3) is 0.500. The molecule has 0 aliphatic heterocycles. The molecule has 0 aliphatic carbocycles. The molecule has 0 N–H and O–H groups in total. The van der Waals surface area contributed by atoms with Crippen molar-refractivity contribution in [3.63, 3.8) is 0 Å². The summed E-state index contributed by atoms with van der Waals surface area (Å²) in [7, 11) is 3.85. The second kappa shape index (κ2) is 5.49. The van der Waals surface area contributed by atoms with Crippen LogP contribution in [0.3, 0.4) is 0 Å². The van der Waals surface area contributed by atoms with E-state index in [2.05, 4.69) is 11.9 Å². The van der Waals surface area contributed by atoms with E-state index in [1.165, 1.54) is 12.0 Å². The van der Waals surface area contributed by atoms with Gasteiger partial charge in [0.05, 0.1) is 5.69 Å². The van der Waals surface area contributed by atoms with Crippen LogP contribution in [0.5, 0.6) is 0 Å². The van der Waals surface area contributed by atoms with Crippen LogP contribution in [0.15, 0.2) is 12.3 Å². The van der Waals surface area contributed by atoms with Gasteiger partial charge in [0.1, 0.15) is 5.69 Å². The molecule has 1 aromatic rings. The lowest BCUT2D eigenvalue weighted by molar-refractivity contribution is 0.111. The van der Waals surface area contributed by atoms with E-state index in [0.717, 1.165) is 24.8 Å². The highest BCUT2D eigenvalue weighted by Gasteiger charge is 2.06. The molecule has 0 unspecified atom stereocenters. The fourth-order valence-corrected chi connectivity index (χ4v) is 1.47. The van der Waals surface area contributed by atoms with Crippen LogP contribution in [-0.4, -0.2) is 25.4 Å².